The minimum Gasteiger partial charge on any atom is -0.456 e. The third-order valence-corrected chi connectivity index (χ3v) is 3.38. The number of carbonyl (C=O) groups is 1. The highest BCUT2D eigenvalue weighted by atomic mass is 16.6. The number of ether oxygens (including phenoxy) is 1. The Kier molecular flexibility index (Phi) is 5.01. The smallest absolute Gasteiger partial charge is 0.338 e. The molecule has 0 aliphatic carbocycles. The van der Waals surface area contributed by atoms with E-state index in [1.54, 1.807) is 6.20 Å². The van der Waals surface area contributed by atoms with Crippen molar-refractivity contribution in [1.29, 1.82) is 0 Å². The van der Waals surface area contributed by atoms with E-state index in [9.17, 15) is 4.79 Å². The lowest BCUT2D eigenvalue weighted by molar-refractivity contribution is 0.00695. The summed E-state index contributed by atoms with van der Waals surface area (Å²) in [6.07, 6.45) is 7.71. The van der Waals surface area contributed by atoms with Gasteiger partial charge in [0.05, 0.1) is 17.9 Å². The standard InChI is InChI=1S/C18H24N2O2/c1-5-6-16(20-12-11-19-13-20)14-7-9-15(10-8-14)17(21)22-18(2,3)4/h7-13,16H,5-6H2,1-4H3. The zero-order chi connectivity index (χ0) is 16.2. The van der Waals surface area contributed by atoms with Crippen LogP contribution in [-0.4, -0.2) is 21.1 Å². The van der Waals surface area contributed by atoms with Crippen LogP contribution in [0.2, 0.25) is 0 Å². The molecule has 0 aliphatic rings. The summed E-state index contributed by atoms with van der Waals surface area (Å²) in [5.41, 5.74) is 1.28. The first-order valence-corrected chi connectivity index (χ1v) is 7.71. The molecule has 1 unspecified atom stereocenters. The summed E-state index contributed by atoms with van der Waals surface area (Å²) in [5.74, 6) is -0.284. The molecule has 2 rings (SSSR count). The minimum atomic E-state index is -0.475. The number of carbonyl (C=O) groups excluding carboxylic acids is 1. The number of imidazole rings is 1. The summed E-state index contributed by atoms with van der Waals surface area (Å²) in [5, 5.41) is 0. The first-order valence-electron chi connectivity index (χ1n) is 7.71. The quantitative estimate of drug-likeness (QED) is 0.776. The summed E-state index contributed by atoms with van der Waals surface area (Å²) < 4.78 is 7.49. The van der Waals surface area contributed by atoms with Gasteiger partial charge in [-0.2, -0.15) is 0 Å². The number of aromatic nitrogens is 2. The third-order valence-electron chi connectivity index (χ3n) is 3.38. The second kappa shape index (κ2) is 6.77. The number of nitrogens with zero attached hydrogens (tertiary/aromatic N) is 2. The Bertz CT molecular complexity index is 595. The number of hydrogen-bond acceptors (Lipinski definition) is 3. The van der Waals surface area contributed by atoms with E-state index in [-0.39, 0.29) is 12.0 Å². The van der Waals surface area contributed by atoms with Gasteiger partial charge in [-0.3, -0.25) is 0 Å². The van der Waals surface area contributed by atoms with Crippen LogP contribution in [0.15, 0.2) is 43.0 Å². The van der Waals surface area contributed by atoms with E-state index >= 15 is 0 Å². The molecule has 0 radical (unpaired) electrons. The van der Waals surface area contributed by atoms with Crippen molar-refractivity contribution < 1.29 is 9.53 Å². The lowest BCUT2D eigenvalue weighted by Crippen LogP contribution is -2.23. The van der Waals surface area contributed by atoms with Crippen LogP contribution in [0.1, 0.15) is 62.5 Å². The fraction of sp³-hybridized carbons (Fsp3) is 0.444. The maximum absolute atomic E-state index is 12.1. The fourth-order valence-electron chi connectivity index (χ4n) is 2.39. The monoisotopic (exact) mass is 300 g/mol. The topological polar surface area (TPSA) is 44.1 Å². The average molecular weight is 300 g/mol. The fourth-order valence-corrected chi connectivity index (χ4v) is 2.39. The maximum atomic E-state index is 12.1. The van der Waals surface area contributed by atoms with Gasteiger partial charge < -0.3 is 9.30 Å². The molecule has 1 aromatic heterocycles. The third kappa shape index (κ3) is 4.20. The van der Waals surface area contributed by atoms with Crippen molar-refractivity contribution in [3.63, 3.8) is 0 Å². The van der Waals surface area contributed by atoms with Gasteiger partial charge in [-0.15, -0.1) is 0 Å². The summed E-state index contributed by atoms with van der Waals surface area (Å²) in [7, 11) is 0. The molecule has 0 amide bonds. The molecule has 0 aliphatic heterocycles. The molecule has 0 bridgehead atoms. The lowest BCUT2D eigenvalue weighted by atomic mass is 10.0. The van der Waals surface area contributed by atoms with Gasteiger partial charge in [-0.05, 0) is 44.9 Å². The van der Waals surface area contributed by atoms with E-state index in [2.05, 4.69) is 16.5 Å². The maximum Gasteiger partial charge on any atom is 0.338 e. The van der Waals surface area contributed by atoms with Crippen molar-refractivity contribution in [2.75, 3.05) is 0 Å². The zero-order valence-electron chi connectivity index (χ0n) is 13.7. The normalized spacial score (nSPS) is 12.9. The lowest BCUT2D eigenvalue weighted by Gasteiger charge is -2.20. The molecule has 1 heterocycles. The predicted octanol–water partition coefficient (Wildman–Crippen LogP) is 4.23. The van der Waals surface area contributed by atoms with Crippen molar-refractivity contribution >= 4 is 5.97 Å². The Labute approximate surface area is 132 Å². The van der Waals surface area contributed by atoms with Crippen molar-refractivity contribution in [3.05, 3.63) is 54.1 Å². The van der Waals surface area contributed by atoms with Crippen molar-refractivity contribution in [3.8, 4) is 0 Å². The first-order chi connectivity index (χ1) is 10.4. The zero-order valence-corrected chi connectivity index (χ0v) is 13.7. The van der Waals surface area contributed by atoms with Crippen molar-refractivity contribution in [1.82, 2.24) is 9.55 Å². The largest absolute Gasteiger partial charge is 0.456 e. The number of esters is 1. The Morgan fingerprint density at radius 1 is 1.27 bits per heavy atom. The van der Waals surface area contributed by atoms with Crippen LogP contribution >= 0.6 is 0 Å². The molecule has 1 atom stereocenters. The first kappa shape index (κ1) is 16.3. The van der Waals surface area contributed by atoms with Gasteiger partial charge in [0.25, 0.3) is 0 Å². The highest BCUT2D eigenvalue weighted by Gasteiger charge is 2.18. The molecular weight excluding hydrogens is 276 g/mol. The van der Waals surface area contributed by atoms with Crippen molar-refractivity contribution in [2.45, 2.75) is 52.2 Å². The highest BCUT2D eigenvalue weighted by Crippen LogP contribution is 2.24. The second-order valence-corrected chi connectivity index (χ2v) is 6.44. The van der Waals surface area contributed by atoms with Gasteiger partial charge in [0.1, 0.15) is 5.60 Å². The van der Waals surface area contributed by atoms with Gasteiger partial charge >= 0.3 is 5.97 Å². The average Bonchev–Trinajstić information content (AvgIpc) is 2.97. The van der Waals surface area contributed by atoms with Gasteiger partial charge in [0.15, 0.2) is 0 Å². The Morgan fingerprint density at radius 3 is 2.45 bits per heavy atom. The number of hydrogen-bond donors (Lipinski definition) is 0. The van der Waals surface area contributed by atoms with Crippen LogP contribution < -0.4 is 0 Å². The Hall–Kier alpha value is -2.10. The number of rotatable bonds is 5. The summed E-state index contributed by atoms with van der Waals surface area (Å²) in [6, 6.07) is 7.92. The Morgan fingerprint density at radius 2 is 1.95 bits per heavy atom. The molecule has 22 heavy (non-hydrogen) atoms. The van der Waals surface area contributed by atoms with Crippen LogP contribution in [0.5, 0.6) is 0 Å². The van der Waals surface area contributed by atoms with Crippen LogP contribution in [-0.2, 0) is 4.74 Å². The van der Waals surface area contributed by atoms with Crippen LogP contribution in [0, 0.1) is 0 Å². The molecule has 0 N–H and O–H groups in total. The molecule has 4 nitrogen and oxygen atoms in total. The van der Waals surface area contributed by atoms with Crippen LogP contribution in [0.3, 0.4) is 0 Å². The molecule has 0 spiro atoms. The van der Waals surface area contributed by atoms with Crippen LogP contribution in [0.4, 0.5) is 0 Å². The second-order valence-electron chi connectivity index (χ2n) is 6.44. The summed E-state index contributed by atoms with van der Waals surface area (Å²) in [6.45, 7) is 7.78. The van der Waals surface area contributed by atoms with E-state index < -0.39 is 5.60 Å². The van der Waals surface area contributed by atoms with E-state index in [0.717, 1.165) is 12.8 Å². The molecule has 0 saturated heterocycles. The highest BCUT2D eigenvalue weighted by molar-refractivity contribution is 5.89. The van der Waals surface area contributed by atoms with E-state index in [0.29, 0.717) is 5.56 Å². The van der Waals surface area contributed by atoms with E-state index in [4.69, 9.17) is 4.74 Å². The summed E-state index contributed by atoms with van der Waals surface area (Å²) >= 11 is 0. The van der Waals surface area contributed by atoms with Gasteiger partial charge in [0.2, 0.25) is 0 Å². The molecule has 0 fully saturated rings. The van der Waals surface area contributed by atoms with Gasteiger partial charge in [-0.25, -0.2) is 9.78 Å². The van der Waals surface area contributed by atoms with E-state index in [1.165, 1.54) is 5.56 Å². The van der Waals surface area contributed by atoms with Gasteiger partial charge in [0, 0.05) is 12.4 Å². The van der Waals surface area contributed by atoms with Crippen LogP contribution in [0.25, 0.3) is 0 Å². The van der Waals surface area contributed by atoms with Gasteiger partial charge in [-0.1, -0.05) is 25.5 Å². The molecule has 118 valence electrons. The van der Waals surface area contributed by atoms with E-state index in [1.807, 2.05) is 57.6 Å². The molecule has 4 heteroatoms. The molecule has 0 saturated carbocycles. The Balaban J connectivity index is 2.18. The predicted molar refractivity (Wildman–Crippen MR) is 86.9 cm³/mol. The minimum absolute atomic E-state index is 0.250. The SMILES string of the molecule is CCCC(c1ccc(C(=O)OC(C)(C)C)cc1)n1ccnc1. The molecular formula is C18H24N2O2. The number of benzene rings is 1. The molecule has 1 aromatic carbocycles. The summed E-state index contributed by atoms with van der Waals surface area (Å²) in [4.78, 5) is 16.2. The molecule has 2 aromatic rings. The van der Waals surface area contributed by atoms with Crippen molar-refractivity contribution in [2.24, 2.45) is 0 Å².